The van der Waals surface area contributed by atoms with E-state index in [9.17, 15) is 4.79 Å². The Morgan fingerprint density at radius 2 is 2.00 bits per heavy atom. The summed E-state index contributed by atoms with van der Waals surface area (Å²) in [6, 6.07) is -0.423. The van der Waals surface area contributed by atoms with Crippen LogP contribution in [0.1, 0.15) is 6.92 Å². The van der Waals surface area contributed by atoms with Crippen molar-refractivity contribution >= 4 is 34.8 Å². The van der Waals surface area contributed by atoms with Gasteiger partial charge in [0.25, 0.3) is 0 Å². The number of nitrogens with two attached hydrogens (primary N) is 1. The molecule has 2 N–H and O–H groups in total. The van der Waals surface area contributed by atoms with Crippen molar-refractivity contribution in [1.29, 1.82) is 0 Å². The Hall–Kier alpha value is 0.499. The SMILES string of the molecule is CC(N)C(=O)S.[Se]. The normalized spacial score (nSPS) is 11.9. The fourth-order valence-corrected chi connectivity index (χ4v) is 0. The standard InChI is InChI=1S/C3H7NOS.Se/c1-2(4)3(5)6;/h2H,4H2,1H3,(H,5,6);. The van der Waals surface area contributed by atoms with Gasteiger partial charge in [0, 0.05) is 17.1 Å². The van der Waals surface area contributed by atoms with Gasteiger partial charge >= 0.3 is 0 Å². The van der Waals surface area contributed by atoms with Gasteiger partial charge in [-0.15, -0.1) is 12.6 Å². The van der Waals surface area contributed by atoms with Crippen LogP contribution < -0.4 is 5.73 Å². The van der Waals surface area contributed by atoms with Crippen LogP contribution in [0.4, 0.5) is 0 Å². The molecule has 0 spiro atoms. The minimum Gasteiger partial charge on any atom is -0.321 e. The van der Waals surface area contributed by atoms with Gasteiger partial charge in [-0.3, -0.25) is 4.79 Å². The van der Waals surface area contributed by atoms with Crippen molar-refractivity contribution in [1.82, 2.24) is 0 Å². The molecule has 0 aromatic rings. The molecular weight excluding hydrogens is 177 g/mol. The van der Waals surface area contributed by atoms with Crippen molar-refractivity contribution in [2.75, 3.05) is 0 Å². The van der Waals surface area contributed by atoms with Crippen LogP contribution in [0.3, 0.4) is 0 Å². The Bertz CT molecular complexity index is 66.0. The molecule has 1 atom stereocenters. The molecule has 2 nitrogen and oxygen atoms in total. The summed E-state index contributed by atoms with van der Waals surface area (Å²) in [5.41, 5.74) is 5.01. The average Bonchev–Trinajstić information content (AvgIpc) is 1.36. The van der Waals surface area contributed by atoms with Crippen LogP contribution in [0.5, 0.6) is 0 Å². The fraction of sp³-hybridized carbons (Fsp3) is 0.667. The zero-order chi connectivity index (χ0) is 5.15. The predicted octanol–water partition coefficient (Wildman–Crippen LogP) is -0.591. The van der Waals surface area contributed by atoms with Crippen molar-refractivity contribution in [3.63, 3.8) is 0 Å². The number of carbonyl (C=O) groups excluding carboxylic acids is 1. The number of hydrogen-bond donors (Lipinski definition) is 2. The second-order valence-corrected chi connectivity index (χ2v) is 1.57. The van der Waals surface area contributed by atoms with Gasteiger partial charge in [-0.25, -0.2) is 0 Å². The third kappa shape index (κ3) is 6.50. The van der Waals surface area contributed by atoms with Gasteiger partial charge < -0.3 is 5.73 Å². The summed E-state index contributed by atoms with van der Waals surface area (Å²) in [5.74, 6) is 0. The van der Waals surface area contributed by atoms with Crippen LogP contribution in [0.25, 0.3) is 0 Å². The summed E-state index contributed by atoms with van der Waals surface area (Å²) in [4.78, 5) is 9.88. The van der Waals surface area contributed by atoms with Crippen molar-refractivity contribution in [3.05, 3.63) is 0 Å². The van der Waals surface area contributed by atoms with E-state index in [4.69, 9.17) is 5.73 Å². The zero-order valence-corrected chi connectivity index (χ0v) is 6.53. The maximum Gasteiger partial charge on any atom is 0.202 e. The van der Waals surface area contributed by atoms with Crippen molar-refractivity contribution in [2.24, 2.45) is 5.73 Å². The van der Waals surface area contributed by atoms with Crippen molar-refractivity contribution < 1.29 is 4.79 Å². The maximum absolute atomic E-state index is 9.88. The summed E-state index contributed by atoms with van der Waals surface area (Å²) in [6.45, 7) is 1.59. The molecule has 0 amide bonds. The van der Waals surface area contributed by atoms with Gasteiger partial charge in [0.15, 0.2) is 0 Å². The second-order valence-electron chi connectivity index (χ2n) is 1.13. The van der Waals surface area contributed by atoms with Crippen LogP contribution in [-0.2, 0) is 4.79 Å². The zero-order valence-electron chi connectivity index (χ0n) is 3.92. The van der Waals surface area contributed by atoms with Gasteiger partial charge in [0.05, 0.1) is 6.04 Å². The molecule has 0 aliphatic rings. The summed E-state index contributed by atoms with van der Waals surface area (Å²) in [7, 11) is 0. The van der Waals surface area contributed by atoms with E-state index < -0.39 is 6.04 Å². The molecule has 0 aromatic heterocycles. The van der Waals surface area contributed by atoms with Crippen LogP contribution in [0.15, 0.2) is 0 Å². The molecule has 0 aliphatic heterocycles. The van der Waals surface area contributed by atoms with E-state index in [0.717, 1.165) is 0 Å². The molecule has 1 unspecified atom stereocenters. The van der Waals surface area contributed by atoms with Gasteiger partial charge in [-0.1, -0.05) is 0 Å². The van der Waals surface area contributed by atoms with E-state index >= 15 is 0 Å². The van der Waals surface area contributed by atoms with Crippen LogP contribution in [0, 0.1) is 0 Å². The van der Waals surface area contributed by atoms with E-state index in [0.29, 0.717) is 0 Å². The summed E-state index contributed by atoms with van der Waals surface area (Å²) in [5, 5.41) is -0.269. The Kier molecular flexibility index (Phi) is 6.96. The van der Waals surface area contributed by atoms with E-state index in [1.165, 1.54) is 0 Å². The van der Waals surface area contributed by atoms with Gasteiger partial charge in [0.2, 0.25) is 5.12 Å². The molecule has 0 saturated carbocycles. The van der Waals surface area contributed by atoms with Crippen LogP contribution in [0.2, 0.25) is 0 Å². The Labute approximate surface area is 58.7 Å². The molecule has 0 fully saturated rings. The first-order valence-electron chi connectivity index (χ1n) is 1.63. The predicted molar refractivity (Wildman–Crippen MR) is 33.4 cm³/mol. The first-order valence-corrected chi connectivity index (χ1v) is 2.07. The summed E-state index contributed by atoms with van der Waals surface area (Å²) < 4.78 is 0. The average molecular weight is 184 g/mol. The molecular formula is C3H7NOSSe. The molecule has 2 radical (unpaired) electrons. The molecule has 0 rings (SSSR count). The topological polar surface area (TPSA) is 43.1 Å². The van der Waals surface area contributed by atoms with Crippen molar-refractivity contribution in [3.8, 4) is 0 Å². The van der Waals surface area contributed by atoms with Crippen molar-refractivity contribution in [2.45, 2.75) is 13.0 Å². The van der Waals surface area contributed by atoms with Gasteiger partial charge in [-0.05, 0) is 6.92 Å². The molecule has 0 aliphatic carbocycles. The minimum atomic E-state index is -0.423. The molecule has 42 valence electrons. The third-order valence-corrected chi connectivity index (χ3v) is 0.797. The monoisotopic (exact) mass is 185 g/mol. The Balaban J connectivity index is 0. The molecule has 7 heavy (non-hydrogen) atoms. The van der Waals surface area contributed by atoms with Crippen LogP contribution >= 0.6 is 12.6 Å². The summed E-state index contributed by atoms with van der Waals surface area (Å²) in [6.07, 6.45) is 0. The minimum absolute atomic E-state index is 0. The molecule has 0 aromatic carbocycles. The first kappa shape index (κ1) is 10.5. The molecule has 0 bridgehead atoms. The van der Waals surface area contributed by atoms with E-state index in [2.05, 4.69) is 12.6 Å². The number of thiol groups is 1. The maximum atomic E-state index is 9.88. The smallest absolute Gasteiger partial charge is 0.202 e. The Morgan fingerprint density at radius 3 is 2.00 bits per heavy atom. The number of hydrogen-bond acceptors (Lipinski definition) is 2. The third-order valence-electron chi connectivity index (χ3n) is 0.390. The van der Waals surface area contributed by atoms with Gasteiger partial charge in [-0.2, -0.15) is 0 Å². The van der Waals surface area contributed by atoms with Gasteiger partial charge in [0.1, 0.15) is 0 Å². The first-order chi connectivity index (χ1) is 2.64. The van der Waals surface area contributed by atoms with E-state index in [-0.39, 0.29) is 22.2 Å². The molecule has 0 heterocycles. The number of carbonyl (C=O) groups is 1. The van der Waals surface area contributed by atoms with Crippen LogP contribution in [-0.4, -0.2) is 28.2 Å². The largest absolute Gasteiger partial charge is 0.321 e. The van der Waals surface area contributed by atoms with E-state index in [1.54, 1.807) is 6.92 Å². The Morgan fingerprint density at radius 1 is 1.86 bits per heavy atom. The quantitative estimate of drug-likeness (QED) is 0.422. The van der Waals surface area contributed by atoms with E-state index in [1.807, 2.05) is 0 Å². The number of rotatable bonds is 1. The molecule has 4 heteroatoms. The summed E-state index contributed by atoms with van der Waals surface area (Å²) >= 11 is 3.43. The second kappa shape index (κ2) is 4.65. The fourth-order valence-electron chi connectivity index (χ4n) is 0. The molecule has 0 saturated heterocycles.